The number of hydrogen-bond donors (Lipinski definition) is 4. The van der Waals surface area contributed by atoms with Gasteiger partial charge in [-0.2, -0.15) is 0 Å². The van der Waals surface area contributed by atoms with Gasteiger partial charge in [0, 0.05) is 53.9 Å². The molecule has 0 spiro atoms. The van der Waals surface area contributed by atoms with Crippen LogP contribution < -0.4 is 21.3 Å². The van der Waals surface area contributed by atoms with Gasteiger partial charge >= 0.3 is 12.1 Å². The zero-order chi connectivity index (χ0) is 44.8. The van der Waals surface area contributed by atoms with Gasteiger partial charge in [0.1, 0.15) is 5.78 Å². The lowest BCUT2D eigenvalue weighted by molar-refractivity contribution is -0.159. The maximum atomic E-state index is 14.6. The third-order valence-corrected chi connectivity index (χ3v) is 20.8. The van der Waals surface area contributed by atoms with E-state index in [1.807, 2.05) is 60.7 Å². The van der Waals surface area contributed by atoms with Gasteiger partial charge < -0.3 is 21.3 Å². The van der Waals surface area contributed by atoms with Gasteiger partial charge in [-0.15, -0.1) is 0 Å². The first-order valence-electron chi connectivity index (χ1n) is 25.2. The molecule has 0 radical (unpaired) electrons. The van der Waals surface area contributed by atoms with Crippen LogP contribution in [0, 0.1) is 57.7 Å². The summed E-state index contributed by atoms with van der Waals surface area (Å²) in [7, 11) is 0. The van der Waals surface area contributed by atoms with Crippen LogP contribution in [0.25, 0.3) is 0 Å². The molecule has 3 saturated heterocycles. The fourth-order valence-corrected chi connectivity index (χ4v) is 17.4. The van der Waals surface area contributed by atoms with E-state index in [-0.39, 0.29) is 51.8 Å². The Balaban J connectivity index is 0.977. The first-order valence-corrected chi connectivity index (χ1v) is 25.2. The smallest absolute Gasteiger partial charge is 0.319 e. The molecule has 4 unspecified atom stereocenters. The Morgan fingerprint density at radius 3 is 1.94 bits per heavy atom. The number of rotatable bonds is 7. The summed E-state index contributed by atoms with van der Waals surface area (Å²) in [6, 6.07) is 18.9. The number of hydrogen-bond acceptors (Lipinski definition) is 6. The number of benzene rings is 2. The number of urea groups is 2. The maximum Gasteiger partial charge on any atom is 0.319 e. The maximum absolute atomic E-state index is 14.6. The third-order valence-electron chi connectivity index (χ3n) is 20.8. The van der Waals surface area contributed by atoms with Crippen molar-refractivity contribution in [1.29, 1.82) is 0 Å². The summed E-state index contributed by atoms with van der Waals surface area (Å²) in [5.41, 5.74) is 2.13. The standard InChI is InChI=1S/C54H74N6O4/c1-34-45(61)22-27-52(5)43-20-26-51(4)42(40(43)23-29-59(34)52)21-28-54(51,33-56-49(64)58-38-15-11-8-12-16-38)47-31-46(62)35(2)60-30-24-39-41-18-17-36(50(41,3)25-19-44(39)53(47,60)6)32-55-48(63)57-37-13-9-7-10-14-37/h7-16,31,34-36,39-44H,17-30,32-33H2,1-6H3,(H2,55,57,63)(H2,56,58,64)/t34?,35?,36?,39-,40-,41-,42-,43+,44+,50+,51-,52+,53-,54?/m0/s1. The molecule has 4 N–H and O–H groups in total. The quantitative estimate of drug-likeness (QED) is 0.220. The molecule has 4 heterocycles. The van der Waals surface area contributed by atoms with Gasteiger partial charge in [-0.1, -0.05) is 50.2 Å². The molecule has 4 amide bonds. The lowest BCUT2D eigenvalue weighted by Crippen LogP contribution is -2.71. The Morgan fingerprint density at radius 1 is 0.641 bits per heavy atom. The molecule has 8 aliphatic rings. The number of fused-ring (bicyclic) bond motifs is 10. The van der Waals surface area contributed by atoms with E-state index in [1.165, 1.54) is 12.0 Å². The predicted octanol–water partition coefficient (Wildman–Crippen LogP) is 9.70. The van der Waals surface area contributed by atoms with E-state index in [9.17, 15) is 19.2 Å². The van der Waals surface area contributed by atoms with Crippen LogP contribution in [-0.2, 0) is 9.59 Å². The van der Waals surface area contributed by atoms with E-state index in [0.717, 1.165) is 88.7 Å². The van der Waals surface area contributed by atoms with Gasteiger partial charge in [-0.05, 0) is 193 Å². The molecule has 10 nitrogen and oxygen atoms in total. The monoisotopic (exact) mass is 871 g/mol. The Bertz CT molecular complexity index is 2180. The lowest BCUT2D eigenvalue weighted by atomic mass is 9.44. The van der Waals surface area contributed by atoms with Gasteiger partial charge in [0.15, 0.2) is 5.78 Å². The summed E-state index contributed by atoms with van der Waals surface area (Å²) in [6.07, 6.45) is 14.6. The van der Waals surface area contributed by atoms with Crippen molar-refractivity contribution in [2.75, 3.05) is 36.8 Å². The molecule has 2 aromatic carbocycles. The summed E-state index contributed by atoms with van der Waals surface area (Å²) in [6.45, 7) is 17.4. The van der Waals surface area contributed by atoms with Crippen molar-refractivity contribution in [3.8, 4) is 0 Å². The highest BCUT2D eigenvalue weighted by Crippen LogP contribution is 2.73. The lowest BCUT2D eigenvalue weighted by Gasteiger charge is -2.67. The summed E-state index contributed by atoms with van der Waals surface area (Å²) in [4.78, 5) is 60.0. The number of nitrogens with zero attached hydrogens (tertiary/aromatic N) is 2. The average Bonchev–Trinajstić information content (AvgIpc) is 3.79. The molecule has 0 bridgehead atoms. The van der Waals surface area contributed by atoms with E-state index < -0.39 is 5.41 Å². The number of Topliss-reactive ketones (excluding diaryl/α,β-unsaturated/α-hetero) is 1. The Hall–Kier alpha value is -4.02. The number of carbonyl (C=O) groups is 4. The van der Waals surface area contributed by atoms with E-state index in [2.05, 4.69) is 78.7 Å². The van der Waals surface area contributed by atoms with Crippen LogP contribution in [-0.4, -0.2) is 82.8 Å². The highest BCUT2D eigenvalue weighted by Gasteiger charge is 2.71. The topological polar surface area (TPSA) is 123 Å². The Morgan fingerprint density at radius 2 is 1.25 bits per heavy atom. The van der Waals surface area contributed by atoms with E-state index in [0.29, 0.717) is 66.7 Å². The fraction of sp³-hybridized carbons (Fsp3) is 0.667. The summed E-state index contributed by atoms with van der Waals surface area (Å²) in [5, 5.41) is 12.9. The number of amides is 4. The molecule has 14 atom stereocenters. The largest absolute Gasteiger partial charge is 0.338 e. The minimum Gasteiger partial charge on any atom is -0.338 e. The molecule has 4 aliphatic heterocycles. The summed E-state index contributed by atoms with van der Waals surface area (Å²) < 4.78 is 0. The minimum absolute atomic E-state index is 0.0145. The molecule has 10 heteroatoms. The van der Waals surface area contributed by atoms with Crippen LogP contribution >= 0.6 is 0 Å². The first-order chi connectivity index (χ1) is 30.6. The molecule has 0 aromatic heterocycles. The number of ketones is 2. The predicted molar refractivity (Wildman–Crippen MR) is 253 cm³/mol. The van der Waals surface area contributed by atoms with Crippen molar-refractivity contribution in [3.63, 3.8) is 0 Å². The second-order valence-electron chi connectivity index (χ2n) is 22.8. The number of nitrogens with one attached hydrogen (secondary N) is 4. The van der Waals surface area contributed by atoms with Crippen LogP contribution in [0.3, 0.4) is 0 Å². The zero-order valence-corrected chi connectivity index (χ0v) is 39.4. The van der Waals surface area contributed by atoms with Crippen LogP contribution in [0.5, 0.6) is 0 Å². The highest BCUT2D eigenvalue weighted by atomic mass is 16.2. The number of carbonyl (C=O) groups excluding carboxylic acids is 4. The molecular formula is C54H74N6O4. The van der Waals surface area contributed by atoms with Gasteiger partial charge in [0.2, 0.25) is 0 Å². The van der Waals surface area contributed by atoms with Crippen LogP contribution in [0.2, 0.25) is 0 Å². The van der Waals surface area contributed by atoms with E-state index in [1.54, 1.807) is 0 Å². The number of para-hydroxylation sites is 2. The summed E-state index contributed by atoms with van der Waals surface area (Å²) >= 11 is 0. The molecule has 64 heavy (non-hydrogen) atoms. The van der Waals surface area contributed by atoms with Crippen molar-refractivity contribution in [2.45, 2.75) is 142 Å². The van der Waals surface area contributed by atoms with Crippen molar-refractivity contribution >= 4 is 35.0 Å². The molecule has 4 saturated carbocycles. The second-order valence-corrected chi connectivity index (χ2v) is 22.8. The normalized spacial score (nSPS) is 42.7. The number of piperidine rings is 3. The van der Waals surface area contributed by atoms with Crippen molar-refractivity contribution in [2.24, 2.45) is 57.7 Å². The van der Waals surface area contributed by atoms with E-state index in [4.69, 9.17) is 0 Å². The molecule has 2 aromatic rings. The van der Waals surface area contributed by atoms with Gasteiger partial charge in [0.25, 0.3) is 0 Å². The van der Waals surface area contributed by atoms with E-state index >= 15 is 0 Å². The number of anilines is 2. The SMILES string of the molecule is CC1C(=O)CC[C@]2(C)[C@@H]3CC[C@@]4(C)[C@@H](CCC4(CNC(=O)Nc4ccccc4)C4=CC(=O)C(C)N5CC[C@@H]6[C@@H](CC[C@]7(C)C(CNC(=O)Nc8ccccc8)CC[C@@H]67)[C@@]45C)[C@@H]3CCN12. The fourth-order valence-electron chi connectivity index (χ4n) is 17.4. The minimum atomic E-state index is -0.412. The van der Waals surface area contributed by atoms with Crippen LogP contribution in [0.1, 0.15) is 119 Å². The van der Waals surface area contributed by atoms with Crippen molar-refractivity contribution in [1.82, 2.24) is 20.4 Å². The average molecular weight is 871 g/mol. The molecule has 7 fully saturated rings. The Labute approximate surface area is 381 Å². The van der Waals surface area contributed by atoms with Gasteiger partial charge in [-0.3, -0.25) is 19.4 Å². The highest BCUT2D eigenvalue weighted by molar-refractivity contribution is 5.97. The van der Waals surface area contributed by atoms with Crippen LogP contribution in [0.4, 0.5) is 21.0 Å². The van der Waals surface area contributed by atoms with Crippen LogP contribution in [0.15, 0.2) is 72.3 Å². The first kappa shape index (κ1) is 43.9. The molecule has 344 valence electrons. The zero-order valence-electron chi connectivity index (χ0n) is 39.4. The van der Waals surface area contributed by atoms with Crippen molar-refractivity contribution < 1.29 is 19.2 Å². The molecule has 4 aliphatic carbocycles. The van der Waals surface area contributed by atoms with Gasteiger partial charge in [0.05, 0.1) is 12.1 Å². The molecular weight excluding hydrogens is 797 g/mol. The summed E-state index contributed by atoms with van der Waals surface area (Å²) in [5.74, 6) is 3.98. The Kier molecular flexibility index (Phi) is 11.0. The second kappa shape index (κ2) is 16.1. The van der Waals surface area contributed by atoms with Gasteiger partial charge in [-0.25, -0.2) is 9.59 Å². The molecule has 10 rings (SSSR count). The van der Waals surface area contributed by atoms with Crippen molar-refractivity contribution in [3.05, 3.63) is 72.3 Å². The third kappa shape index (κ3) is 6.59.